The maximum absolute atomic E-state index is 13.3. The van der Waals surface area contributed by atoms with Crippen molar-refractivity contribution in [1.82, 2.24) is 29.4 Å². The van der Waals surface area contributed by atoms with Gasteiger partial charge in [0.1, 0.15) is 5.82 Å². The zero-order valence-corrected chi connectivity index (χ0v) is 19.7. The van der Waals surface area contributed by atoms with Crippen molar-refractivity contribution in [2.45, 2.75) is 6.18 Å². The molecule has 0 bridgehead atoms. The lowest BCUT2D eigenvalue weighted by Crippen LogP contribution is -2.49. The number of benzene rings is 1. The molecule has 12 heteroatoms. The standard InChI is InChI=1S/C25H24F3N7O2/c26-25(27,28)19-13-18(14-31-23(19)29)20-5-6-22-30-15-21(35(22)32-20)16-1-3-17(4-2-16)24(37)34-9-7-33(8-10-34)11-12-36/h1-6,13-15,36H,7-12H2,(H2,29,31). The third kappa shape index (κ3) is 4.98. The predicted octanol–water partition coefficient (Wildman–Crippen LogP) is 2.81. The molecule has 0 spiro atoms. The quantitative estimate of drug-likeness (QED) is 0.424. The monoisotopic (exact) mass is 511 g/mol. The Morgan fingerprint density at radius 3 is 2.38 bits per heavy atom. The van der Waals surface area contributed by atoms with E-state index in [4.69, 9.17) is 10.8 Å². The molecule has 0 atom stereocenters. The molecule has 4 aromatic rings. The molecule has 3 N–H and O–H groups in total. The first-order valence-corrected chi connectivity index (χ1v) is 11.7. The van der Waals surface area contributed by atoms with Gasteiger partial charge in [-0.2, -0.15) is 18.3 Å². The Kier molecular flexibility index (Phi) is 6.52. The molecular weight excluding hydrogens is 487 g/mol. The number of rotatable bonds is 5. The first-order valence-electron chi connectivity index (χ1n) is 11.7. The van der Waals surface area contributed by atoms with Crippen LogP contribution < -0.4 is 5.73 Å². The van der Waals surface area contributed by atoms with Crippen molar-refractivity contribution in [1.29, 1.82) is 0 Å². The van der Waals surface area contributed by atoms with Crippen molar-refractivity contribution in [3.8, 4) is 22.5 Å². The van der Waals surface area contributed by atoms with Gasteiger partial charge in [0.05, 0.1) is 29.8 Å². The molecule has 1 aliphatic heterocycles. The Labute approximate surface area is 210 Å². The second-order valence-corrected chi connectivity index (χ2v) is 8.72. The first kappa shape index (κ1) is 24.7. The number of amides is 1. The molecule has 3 aromatic heterocycles. The smallest absolute Gasteiger partial charge is 0.395 e. The molecule has 0 saturated carbocycles. The number of fused-ring (bicyclic) bond motifs is 1. The number of halogens is 3. The van der Waals surface area contributed by atoms with Crippen LogP contribution in [0.25, 0.3) is 28.2 Å². The summed E-state index contributed by atoms with van der Waals surface area (Å²) in [6.07, 6.45) is -1.77. The molecule has 192 valence electrons. The fraction of sp³-hybridized carbons (Fsp3) is 0.280. The van der Waals surface area contributed by atoms with Gasteiger partial charge in [0.15, 0.2) is 5.65 Å². The molecular formula is C25H24F3N7O2. The Morgan fingerprint density at radius 1 is 0.973 bits per heavy atom. The maximum atomic E-state index is 13.3. The summed E-state index contributed by atoms with van der Waals surface area (Å²) in [4.78, 5) is 24.9. The minimum atomic E-state index is -4.64. The number of nitrogens with zero attached hydrogens (tertiary/aromatic N) is 6. The van der Waals surface area contributed by atoms with Gasteiger partial charge in [0.2, 0.25) is 0 Å². The molecule has 1 aromatic carbocycles. The van der Waals surface area contributed by atoms with E-state index in [1.165, 1.54) is 10.7 Å². The molecule has 1 saturated heterocycles. The molecule has 0 aliphatic carbocycles. The number of aliphatic hydroxyl groups is 1. The third-order valence-corrected chi connectivity index (χ3v) is 6.39. The van der Waals surface area contributed by atoms with Gasteiger partial charge in [0, 0.05) is 55.6 Å². The van der Waals surface area contributed by atoms with E-state index in [9.17, 15) is 18.0 Å². The summed E-state index contributed by atoms with van der Waals surface area (Å²) in [5.41, 5.74) is 7.27. The summed E-state index contributed by atoms with van der Waals surface area (Å²) in [5, 5.41) is 13.6. The van der Waals surface area contributed by atoms with E-state index in [2.05, 4.69) is 20.0 Å². The second kappa shape index (κ2) is 9.79. The number of hydrogen-bond donors (Lipinski definition) is 2. The highest BCUT2D eigenvalue weighted by Gasteiger charge is 2.34. The minimum absolute atomic E-state index is 0.0647. The van der Waals surface area contributed by atoms with Gasteiger partial charge in [-0.1, -0.05) is 12.1 Å². The summed E-state index contributed by atoms with van der Waals surface area (Å²) >= 11 is 0. The van der Waals surface area contributed by atoms with Crippen LogP contribution in [-0.4, -0.2) is 79.7 Å². The summed E-state index contributed by atoms with van der Waals surface area (Å²) in [7, 11) is 0. The van der Waals surface area contributed by atoms with Crippen LogP contribution in [0.1, 0.15) is 15.9 Å². The lowest BCUT2D eigenvalue weighted by atomic mass is 10.1. The summed E-state index contributed by atoms with van der Waals surface area (Å²) < 4.78 is 41.4. The van der Waals surface area contributed by atoms with Gasteiger partial charge in [-0.3, -0.25) is 9.69 Å². The van der Waals surface area contributed by atoms with Crippen molar-refractivity contribution in [3.05, 3.63) is 66.0 Å². The summed E-state index contributed by atoms with van der Waals surface area (Å²) in [6.45, 7) is 3.32. The van der Waals surface area contributed by atoms with E-state index in [-0.39, 0.29) is 23.8 Å². The fourth-order valence-electron chi connectivity index (χ4n) is 4.35. The molecule has 5 rings (SSSR count). The van der Waals surface area contributed by atoms with Gasteiger partial charge in [0.25, 0.3) is 5.91 Å². The number of pyridine rings is 1. The number of hydrogen-bond acceptors (Lipinski definition) is 7. The summed E-state index contributed by atoms with van der Waals surface area (Å²) in [6, 6.07) is 11.2. The Balaban J connectivity index is 1.39. The third-order valence-electron chi connectivity index (χ3n) is 6.39. The van der Waals surface area contributed by atoms with E-state index in [0.717, 1.165) is 11.6 Å². The largest absolute Gasteiger partial charge is 0.419 e. The zero-order chi connectivity index (χ0) is 26.2. The molecule has 37 heavy (non-hydrogen) atoms. The molecule has 4 heterocycles. The van der Waals surface area contributed by atoms with Gasteiger partial charge in [-0.05, 0) is 30.3 Å². The average Bonchev–Trinajstić information content (AvgIpc) is 3.32. The van der Waals surface area contributed by atoms with Crippen LogP contribution in [0.15, 0.2) is 54.9 Å². The zero-order valence-electron chi connectivity index (χ0n) is 19.7. The van der Waals surface area contributed by atoms with E-state index >= 15 is 0 Å². The molecule has 9 nitrogen and oxygen atoms in total. The second-order valence-electron chi connectivity index (χ2n) is 8.72. The van der Waals surface area contributed by atoms with Gasteiger partial charge >= 0.3 is 6.18 Å². The highest BCUT2D eigenvalue weighted by molar-refractivity contribution is 5.94. The van der Waals surface area contributed by atoms with Crippen molar-refractivity contribution < 1.29 is 23.1 Å². The van der Waals surface area contributed by atoms with Gasteiger partial charge < -0.3 is 15.7 Å². The van der Waals surface area contributed by atoms with Crippen molar-refractivity contribution >= 4 is 17.4 Å². The normalized spacial score (nSPS) is 14.9. The topological polar surface area (TPSA) is 113 Å². The van der Waals surface area contributed by atoms with Crippen LogP contribution in [0.4, 0.5) is 19.0 Å². The lowest BCUT2D eigenvalue weighted by molar-refractivity contribution is -0.137. The number of alkyl halides is 3. The first-order chi connectivity index (χ1) is 17.7. The minimum Gasteiger partial charge on any atom is -0.395 e. The highest BCUT2D eigenvalue weighted by Crippen LogP contribution is 2.35. The average molecular weight is 512 g/mol. The number of nitrogen functional groups attached to an aromatic ring is 1. The van der Waals surface area contributed by atoms with Crippen LogP contribution in [-0.2, 0) is 6.18 Å². The van der Waals surface area contributed by atoms with Crippen LogP contribution in [0.3, 0.4) is 0 Å². The number of imidazole rings is 1. The Bertz CT molecular complexity index is 1430. The van der Waals surface area contributed by atoms with E-state index < -0.39 is 17.6 Å². The van der Waals surface area contributed by atoms with Crippen LogP contribution in [0, 0.1) is 0 Å². The lowest BCUT2D eigenvalue weighted by Gasteiger charge is -2.34. The highest BCUT2D eigenvalue weighted by atomic mass is 19.4. The Hall–Kier alpha value is -4.03. The number of piperazine rings is 1. The van der Waals surface area contributed by atoms with E-state index in [1.54, 1.807) is 47.5 Å². The SMILES string of the molecule is Nc1ncc(-c2ccc3ncc(-c4ccc(C(=O)N5CCN(CCO)CC5)cc4)n3n2)cc1C(F)(F)F. The maximum Gasteiger partial charge on any atom is 0.419 e. The number of β-amino-alcohol motifs (C(OH)–C–C–N with tert-alkyl or cyclic N) is 1. The number of aromatic nitrogens is 4. The molecule has 1 fully saturated rings. The number of anilines is 1. The van der Waals surface area contributed by atoms with Crippen molar-refractivity contribution in [3.63, 3.8) is 0 Å². The van der Waals surface area contributed by atoms with E-state index in [1.807, 2.05) is 0 Å². The van der Waals surface area contributed by atoms with Gasteiger partial charge in [-0.25, -0.2) is 14.5 Å². The number of carbonyl (C=O) groups excluding carboxylic acids is 1. The fourth-order valence-corrected chi connectivity index (χ4v) is 4.35. The molecule has 0 radical (unpaired) electrons. The van der Waals surface area contributed by atoms with Crippen LogP contribution >= 0.6 is 0 Å². The number of carbonyl (C=O) groups is 1. The predicted molar refractivity (Wildman–Crippen MR) is 130 cm³/mol. The molecule has 1 aliphatic rings. The van der Waals surface area contributed by atoms with Crippen molar-refractivity contribution in [2.75, 3.05) is 45.1 Å². The van der Waals surface area contributed by atoms with E-state index in [0.29, 0.717) is 49.6 Å². The number of nitrogens with two attached hydrogens (primary N) is 1. The summed E-state index contributed by atoms with van der Waals surface area (Å²) in [5.74, 6) is -0.660. The van der Waals surface area contributed by atoms with Crippen LogP contribution in [0.2, 0.25) is 0 Å². The number of aliphatic hydroxyl groups excluding tert-OH is 1. The Morgan fingerprint density at radius 2 is 1.70 bits per heavy atom. The van der Waals surface area contributed by atoms with Crippen molar-refractivity contribution in [2.24, 2.45) is 0 Å². The van der Waals surface area contributed by atoms with Crippen LogP contribution in [0.5, 0.6) is 0 Å². The molecule has 1 amide bonds. The van der Waals surface area contributed by atoms with Gasteiger partial charge in [-0.15, -0.1) is 0 Å². The molecule has 0 unspecified atom stereocenters.